The number of ether oxygens (including phenoxy) is 1. The van der Waals surface area contributed by atoms with Crippen molar-refractivity contribution in [3.05, 3.63) is 51.5 Å². The highest BCUT2D eigenvalue weighted by Gasteiger charge is 2.28. The second-order valence-corrected chi connectivity index (χ2v) is 5.68. The van der Waals surface area contributed by atoms with Crippen LogP contribution in [-0.4, -0.2) is 26.9 Å². The normalized spacial score (nSPS) is 13.8. The van der Waals surface area contributed by atoms with Gasteiger partial charge in [-0.1, -0.05) is 0 Å². The minimum Gasteiger partial charge on any atom is -0.477 e. The molecule has 1 fully saturated rings. The molecule has 2 heterocycles. The van der Waals surface area contributed by atoms with Crippen molar-refractivity contribution in [1.29, 1.82) is 0 Å². The van der Waals surface area contributed by atoms with Crippen LogP contribution in [0.25, 0.3) is 0 Å². The van der Waals surface area contributed by atoms with E-state index in [-0.39, 0.29) is 24.0 Å². The zero-order valence-electron chi connectivity index (χ0n) is 13.0. The first-order valence-corrected chi connectivity index (χ1v) is 7.43. The number of aromatic nitrogens is 2. The average molecular weight is 315 g/mol. The SMILES string of the molecule is Cc1cc(C(=O)COc2cccnc2[N+](=O)[O-])c(C)n1C1CC1. The third-order valence-corrected chi connectivity index (χ3v) is 3.98. The maximum atomic E-state index is 12.4. The molecular weight excluding hydrogens is 298 g/mol. The third kappa shape index (κ3) is 2.94. The van der Waals surface area contributed by atoms with E-state index in [2.05, 4.69) is 9.55 Å². The number of aryl methyl sites for hydroxylation is 1. The molecule has 7 heteroatoms. The van der Waals surface area contributed by atoms with Crippen LogP contribution >= 0.6 is 0 Å². The van der Waals surface area contributed by atoms with Crippen LogP contribution in [0.5, 0.6) is 5.75 Å². The van der Waals surface area contributed by atoms with Gasteiger partial charge in [0.15, 0.2) is 6.61 Å². The Morgan fingerprint density at radius 3 is 2.87 bits per heavy atom. The summed E-state index contributed by atoms with van der Waals surface area (Å²) in [5.74, 6) is -0.575. The molecule has 1 aliphatic rings. The Morgan fingerprint density at radius 1 is 1.48 bits per heavy atom. The number of pyridine rings is 1. The van der Waals surface area contributed by atoms with Crippen LogP contribution < -0.4 is 4.74 Å². The molecule has 1 aliphatic carbocycles. The second-order valence-electron chi connectivity index (χ2n) is 5.68. The predicted octanol–water partition coefficient (Wildman–Crippen LogP) is 3.00. The number of nitro groups is 1. The Kier molecular flexibility index (Phi) is 3.85. The maximum absolute atomic E-state index is 12.4. The van der Waals surface area contributed by atoms with Crippen LogP contribution in [0.3, 0.4) is 0 Å². The van der Waals surface area contributed by atoms with E-state index in [1.165, 1.54) is 18.3 Å². The molecular formula is C16H17N3O4. The van der Waals surface area contributed by atoms with Gasteiger partial charge >= 0.3 is 5.82 Å². The van der Waals surface area contributed by atoms with Gasteiger partial charge in [-0.25, -0.2) is 0 Å². The summed E-state index contributed by atoms with van der Waals surface area (Å²) in [5.41, 5.74) is 2.60. The number of nitrogens with zero attached hydrogens (tertiary/aromatic N) is 3. The molecule has 0 atom stereocenters. The summed E-state index contributed by atoms with van der Waals surface area (Å²) in [6.45, 7) is 3.65. The Bertz CT molecular complexity index is 778. The molecule has 0 bridgehead atoms. The van der Waals surface area contributed by atoms with Crippen molar-refractivity contribution < 1.29 is 14.5 Å². The quantitative estimate of drug-likeness (QED) is 0.464. The number of rotatable bonds is 6. The minimum absolute atomic E-state index is 0.00171. The molecule has 0 saturated heterocycles. The molecule has 0 N–H and O–H groups in total. The number of carbonyl (C=O) groups excluding carboxylic acids is 1. The first-order chi connectivity index (χ1) is 11.0. The largest absolute Gasteiger partial charge is 0.477 e. The number of hydrogen-bond donors (Lipinski definition) is 0. The highest BCUT2D eigenvalue weighted by atomic mass is 16.6. The molecule has 0 aromatic carbocycles. The summed E-state index contributed by atoms with van der Waals surface area (Å²) in [6, 6.07) is 5.33. The number of Topliss-reactive ketones (excluding diaryl/α,β-unsaturated/α-hetero) is 1. The van der Waals surface area contributed by atoms with Crippen LogP contribution in [0.4, 0.5) is 5.82 Å². The smallest absolute Gasteiger partial charge is 0.406 e. The van der Waals surface area contributed by atoms with Gasteiger partial charge in [0.25, 0.3) is 0 Å². The predicted molar refractivity (Wildman–Crippen MR) is 82.9 cm³/mol. The highest BCUT2D eigenvalue weighted by molar-refractivity contribution is 5.98. The fourth-order valence-corrected chi connectivity index (χ4v) is 2.81. The van der Waals surface area contributed by atoms with Crippen LogP contribution in [0.2, 0.25) is 0 Å². The first-order valence-electron chi connectivity index (χ1n) is 7.43. The molecule has 1 saturated carbocycles. The van der Waals surface area contributed by atoms with Gasteiger partial charge in [0.1, 0.15) is 6.20 Å². The molecule has 0 amide bonds. The number of ketones is 1. The van der Waals surface area contributed by atoms with Gasteiger partial charge in [-0.05, 0) is 54.8 Å². The van der Waals surface area contributed by atoms with Crippen molar-refractivity contribution in [1.82, 2.24) is 9.55 Å². The lowest BCUT2D eigenvalue weighted by Crippen LogP contribution is -2.13. The standard InChI is InChI=1S/C16H17N3O4/c1-10-8-13(11(2)18(10)12-5-6-12)14(20)9-23-15-4-3-7-17-16(15)19(21)22/h3-4,7-8,12H,5-6,9H2,1-2H3. The zero-order chi connectivity index (χ0) is 16.6. The molecule has 23 heavy (non-hydrogen) atoms. The summed E-state index contributed by atoms with van der Waals surface area (Å²) in [4.78, 5) is 26.3. The second kappa shape index (κ2) is 5.83. The highest BCUT2D eigenvalue weighted by Crippen LogP contribution is 2.38. The molecule has 2 aromatic rings. The van der Waals surface area contributed by atoms with Crippen LogP contribution in [0, 0.1) is 24.0 Å². The molecule has 2 aromatic heterocycles. The summed E-state index contributed by atoms with van der Waals surface area (Å²) in [5, 5.41) is 10.9. The lowest BCUT2D eigenvalue weighted by Gasteiger charge is -2.08. The Balaban J connectivity index is 1.76. The van der Waals surface area contributed by atoms with Crippen molar-refractivity contribution in [2.75, 3.05) is 6.61 Å². The van der Waals surface area contributed by atoms with Crippen molar-refractivity contribution in [2.24, 2.45) is 0 Å². The lowest BCUT2D eigenvalue weighted by atomic mass is 10.1. The fraction of sp³-hybridized carbons (Fsp3) is 0.375. The van der Waals surface area contributed by atoms with Gasteiger partial charge < -0.3 is 19.4 Å². The van der Waals surface area contributed by atoms with E-state index in [0.717, 1.165) is 24.2 Å². The van der Waals surface area contributed by atoms with Crippen LogP contribution in [0.1, 0.15) is 40.6 Å². The Hall–Kier alpha value is -2.70. The lowest BCUT2D eigenvalue weighted by molar-refractivity contribution is -0.390. The monoisotopic (exact) mass is 315 g/mol. The maximum Gasteiger partial charge on any atom is 0.406 e. The van der Waals surface area contributed by atoms with Gasteiger partial charge in [-0.15, -0.1) is 0 Å². The van der Waals surface area contributed by atoms with Crippen molar-refractivity contribution in [2.45, 2.75) is 32.7 Å². The number of hydrogen-bond acceptors (Lipinski definition) is 5. The molecule has 0 aliphatic heterocycles. The van der Waals surface area contributed by atoms with Gasteiger partial charge in [0, 0.05) is 23.0 Å². The zero-order valence-corrected chi connectivity index (χ0v) is 13.0. The van der Waals surface area contributed by atoms with E-state index in [1.807, 2.05) is 19.9 Å². The van der Waals surface area contributed by atoms with E-state index in [0.29, 0.717) is 11.6 Å². The van der Waals surface area contributed by atoms with E-state index in [1.54, 1.807) is 0 Å². The molecule has 0 radical (unpaired) electrons. The fourth-order valence-electron chi connectivity index (χ4n) is 2.81. The molecule has 0 spiro atoms. The summed E-state index contributed by atoms with van der Waals surface area (Å²) in [7, 11) is 0. The summed E-state index contributed by atoms with van der Waals surface area (Å²) >= 11 is 0. The van der Waals surface area contributed by atoms with E-state index in [4.69, 9.17) is 4.74 Å². The third-order valence-electron chi connectivity index (χ3n) is 3.98. The molecule has 120 valence electrons. The first kappa shape index (κ1) is 15.2. The van der Waals surface area contributed by atoms with E-state index in [9.17, 15) is 14.9 Å². The Labute approximate surface area is 133 Å². The topological polar surface area (TPSA) is 87.3 Å². The minimum atomic E-state index is -0.626. The van der Waals surface area contributed by atoms with Crippen molar-refractivity contribution in [3.63, 3.8) is 0 Å². The van der Waals surface area contributed by atoms with Crippen LogP contribution in [-0.2, 0) is 0 Å². The molecule has 3 rings (SSSR count). The summed E-state index contributed by atoms with van der Waals surface area (Å²) in [6.07, 6.45) is 3.60. The average Bonchev–Trinajstić information content (AvgIpc) is 3.30. The van der Waals surface area contributed by atoms with Crippen LogP contribution in [0.15, 0.2) is 24.4 Å². The Morgan fingerprint density at radius 2 is 2.22 bits per heavy atom. The van der Waals surface area contributed by atoms with Gasteiger partial charge in [0.05, 0.1) is 0 Å². The van der Waals surface area contributed by atoms with Crippen molar-refractivity contribution >= 4 is 11.6 Å². The van der Waals surface area contributed by atoms with Gasteiger partial charge in [-0.3, -0.25) is 4.79 Å². The number of carbonyl (C=O) groups is 1. The van der Waals surface area contributed by atoms with E-state index >= 15 is 0 Å². The molecule has 7 nitrogen and oxygen atoms in total. The van der Waals surface area contributed by atoms with Gasteiger partial charge in [0.2, 0.25) is 11.5 Å². The van der Waals surface area contributed by atoms with Gasteiger partial charge in [-0.2, -0.15) is 0 Å². The van der Waals surface area contributed by atoms with Crippen molar-refractivity contribution in [3.8, 4) is 5.75 Å². The summed E-state index contributed by atoms with van der Waals surface area (Å²) < 4.78 is 7.51. The molecule has 0 unspecified atom stereocenters. The van der Waals surface area contributed by atoms with E-state index < -0.39 is 4.92 Å².